The zero-order valence-corrected chi connectivity index (χ0v) is 19.4. The van der Waals surface area contributed by atoms with E-state index in [0.29, 0.717) is 30.0 Å². The van der Waals surface area contributed by atoms with Gasteiger partial charge in [-0.3, -0.25) is 9.59 Å². The number of hydrogen-bond donors (Lipinski definition) is 1. The van der Waals surface area contributed by atoms with Gasteiger partial charge in [0.1, 0.15) is 5.76 Å². The molecular weight excluding hydrogens is 430 g/mol. The van der Waals surface area contributed by atoms with E-state index in [0.717, 1.165) is 16.7 Å². The highest BCUT2D eigenvalue weighted by atomic mass is 16.5. The summed E-state index contributed by atoms with van der Waals surface area (Å²) in [6.45, 7) is 2.24. The molecule has 0 bridgehead atoms. The quantitative estimate of drug-likeness (QED) is 0.317. The number of carbonyl (C=O) groups excluding carboxylic acids is 2. The molecule has 1 N–H and O–H groups in total. The van der Waals surface area contributed by atoms with E-state index in [4.69, 9.17) is 9.47 Å². The molecule has 1 saturated heterocycles. The molecular formula is C28H27NO5. The summed E-state index contributed by atoms with van der Waals surface area (Å²) in [5, 5.41) is 11.1. The molecule has 6 nitrogen and oxygen atoms in total. The summed E-state index contributed by atoms with van der Waals surface area (Å²) in [4.78, 5) is 27.8. The fourth-order valence-corrected chi connectivity index (χ4v) is 4.25. The molecule has 1 atom stereocenters. The van der Waals surface area contributed by atoms with Crippen LogP contribution in [0.3, 0.4) is 0 Å². The summed E-state index contributed by atoms with van der Waals surface area (Å²) in [5.41, 5.74) is 3.34. The monoisotopic (exact) mass is 457 g/mol. The first kappa shape index (κ1) is 23.1. The second-order valence-corrected chi connectivity index (χ2v) is 8.21. The normalized spacial score (nSPS) is 17.1. The SMILES string of the molecule is COc1ccc(CCN2C(=O)C(=O)C(=C(O)c3ccc(C)cc3)[C@H]2c2ccccc2)cc1OC. The maximum Gasteiger partial charge on any atom is 0.295 e. The van der Waals surface area contributed by atoms with E-state index >= 15 is 0 Å². The lowest BCUT2D eigenvalue weighted by molar-refractivity contribution is -0.139. The molecule has 0 saturated carbocycles. The van der Waals surface area contributed by atoms with Crippen LogP contribution >= 0.6 is 0 Å². The molecule has 1 fully saturated rings. The zero-order chi connectivity index (χ0) is 24.2. The van der Waals surface area contributed by atoms with Crippen molar-refractivity contribution in [3.63, 3.8) is 0 Å². The minimum absolute atomic E-state index is 0.104. The van der Waals surface area contributed by atoms with Crippen LogP contribution in [-0.4, -0.2) is 42.5 Å². The Morgan fingerprint density at radius 3 is 2.24 bits per heavy atom. The molecule has 1 aliphatic heterocycles. The smallest absolute Gasteiger partial charge is 0.295 e. The molecule has 3 aromatic carbocycles. The van der Waals surface area contributed by atoms with Crippen LogP contribution in [0.4, 0.5) is 0 Å². The van der Waals surface area contributed by atoms with Crippen LogP contribution in [0.25, 0.3) is 5.76 Å². The van der Waals surface area contributed by atoms with Gasteiger partial charge in [-0.1, -0.05) is 66.2 Å². The third-order valence-corrected chi connectivity index (χ3v) is 6.07. The molecule has 0 radical (unpaired) electrons. The molecule has 6 heteroatoms. The summed E-state index contributed by atoms with van der Waals surface area (Å²) < 4.78 is 10.7. The Bertz CT molecular complexity index is 1230. The van der Waals surface area contributed by atoms with Gasteiger partial charge >= 0.3 is 0 Å². The Morgan fingerprint density at radius 1 is 0.912 bits per heavy atom. The lowest BCUT2D eigenvalue weighted by Gasteiger charge is -2.25. The molecule has 0 aromatic heterocycles. The van der Waals surface area contributed by atoms with Crippen molar-refractivity contribution in [2.75, 3.05) is 20.8 Å². The van der Waals surface area contributed by atoms with Crippen molar-refractivity contribution in [3.05, 3.63) is 101 Å². The zero-order valence-electron chi connectivity index (χ0n) is 19.4. The largest absolute Gasteiger partial charge is 0.507 e. The number of aliphatic hydroxyl groups excluding tert-OH is 1. The summed E-state index contributed by atoms with van der Waals surface area (Å²) in [6, 6.07) is 21.4. The van der Waals surface area contributed by atoms with Gasteiger partial charge in [-0.25, -0.2) is 0 Å². The molecule has 1 amide bonds. The first-order valence-corrected chi connectivity index (χ1v) is 11.1. The van der Waals surface area contributed by atoms with Crippen molar-refractivity contribution < 1.29 is 24.2 Å². The number of carbonyl (C=O) groups is 2. The number of hydrogen-bond acceptors (Lipinski definition) is 5. The van der Waals surface area contributed by atoms with Gasteiger partial charge in [-0.2, -0.15) is 0 Å². The van der Waals surface area contributed by atoms with Crippen molar-refractivity contribution in [2.24, 2.45) is 0 Å². The molecule has 0 unspecified atom stereocenters. The average Bonchev–Trinajstić information content (AvgIpc) is 3.12. The van der Waals surface area contributed by atoms with Gasteiger partial charge in [0.2, 0.25) is 0 Å². The fraction of sp³-hybridized carbons (Fsp3) is 0.214. The Morgan fingerprint density at radius 2 is 1.59 bits per heavy atom. The van der Waals surface area contributed by atoms with Crippen LogP contribution in [0.15, 0.2) is 78.4 Å². The number of ketones is 1. The maximum absolute atomic E-state index is 13.1. The van der Waals surface area contributed by atoms with Crippen LogP contribution in [0.1, 0.15) is 28.3 Å². The van der Waals surface area contributed by atoms with Crippen LogP contribution in [-0.2, 0) is 16.0 Å². The van der Waals surface area contributed by atoms with Crippen LogP contribution < -0.4 is 9.47 Å². The Hall–Kier alpha value is -4.06. The molecule has 34 heavy (non-hydrogen) atoms. The van der Waals surface area contributed by atoms with E-state index in [1.165, 1.54) is 4.90 Å². The van der Waals surface area contributed by atoms with Gasteiger partial charge < -0.3 is 19.5 Å². The van der Waals surface area contributed by atoms with E-state index in [1.807, 2.05) is 67.6 Å². The highest BCUT2D eigenvalue weighted by Crippen LogP contribution is 2.39. The number of benzene rings is 3. The molecule has 1 heterocycles. The van der Waals surface area contributed by atoms with Crippen molar-refractivity contribution in [3.8, 4) is 11.5 Å². The third kappa shape index (κ3) is 4.39. The fourth-order valence-electron chi connectivity index (χ4n) is 4.25. The molecule has 1 aliphatic rings. The minimum atomic E-state index is -0.681. The van der Waals surface area contributed by atoms with E-state index in [1.54, 1.807) is 26.4 Å². The summed E-state index contributed by atoms with van der Waals surface area (Å²) in [5.74, 6) is -0.252. The molecule has 4 rings (SSSR count). The number of amides is 1. The summed E-state index contributed by atoms with van der Waals surface area (Å²) >= 11 is 0. The second-order valence-electron chi connectivity index (χ2n) is 8.21. The van der Waals surface area contributed by atoms with Crippen molar-refractivity contribution >= 4 is 17.4 Å². The Kier molecular flexibility index (Phi) is 6.68. The first-order chi connectivity index (χ1) is 16.4. The number of ether oxygens (including phenoxy) is 2. The van der Waals surface area contributed by atoms with Crippen LogP contribution in [0.5, 0.6) is 11.5 Å². The topological polar surface area (TPSA) is 76.1 Å². The lowest BCUT2D eigenvalue weighted by atomic mass is 9.95. The average molecular weight is 458 g/mol. The van der Waals surface area contributed by atoms with E-state index in [-0.39, 0.29) is 11.3 Å². The van der Waals surface area contributed by atoms with Gasteiger partial charge in [0.15, 0.2) is 11.5 Å². The van der Waals surface area contributed by atoms with Crippen LogP contribution in [0.2, 0.25) is 0 Å². The molecule has 0 spiro atoms. The lowest BCUT2D eigenvalue weighted by Crippen LogP contribution is -2.31. The maximum atomic E-state index is 13.1. The number of aliphatic hydroxyl groups is 1. The number of nitrogens with zero attached hydrogens (tertiary/aromatic N) is 1. The first-order valence-electron chi connectivity index (χ1n) is 11.1. The van der Waals surface area contributed by atoms with E-state index in [9.17, 15) is 14.7 Å². The van der Waals surface area contributed by atoms with Crippen molar-refractivity contribution in [1.82, 2.24) is 4.90 Å². The summed E-state index contributed by atoms with van der Waals surface area (Å²) in [7, 11) is 3.14. The molecule has 0 aliphatic carbocycles. The van der Waals surface area contributed by atoms with Gasteiger partial charge in [-0.15, -0.1) is 0 Å². The molecule has 174 valence electrons. The van der Waals surface area contributed by atoms with Gasteiger partial charge in [0.25, 0.3) is 11.7 Å². The predicted molar refractivity (Wildman–Crippen MR) is 130 cm³/mol. The number of likely N-dealkylation sites (tertiary alicyclic amines) is 1. The van der Waals surface area contributed by atoms with Gasteiger partial charge in [-0.05, 0) is 36.6 Å². The van der Waals surface area contributed by atoms with Crippen LogP contribution in [0, 0.1) is 6.92 Å². The second kappa shape index (κ2) is 9.83. The number of methoxy groups -OCH3 is 2. The highest BCUT2D eigenvalue weighted by Gasteiger charge is 2.45. The Labute approximate surface area is 199 Å². The summed E-state index contributed by atoms with van der Waals surface area (Å²) in [6.07, 6.45) is 0.501. The van der Waals surface area contributed by atoms with Gasteiger partial charge in [0.05, 0.1) is 25.8 Å². The molecule has 3 aromatic rings. The number of rotatable bonds is 7. The number of aryl methyl sites for hydroxylation is 1. The third-order valence-electron chi connectivity index (χ3n) is 6.07. The number of Topliss-reactive ketones (excluding diaryl/α,β-unsaturated/α-hetero) is 1. The van der Waals surface area contributed by atoms with E-state index < -0.39 is 17.7 Å². The standard InChI is InChI=1S/C28H27NO5/c1-18-9-12-21(13-10-18)26(30)24-25(20-7-5-4-6-8-20)29(28(32)27(24)31)16-15-19-11-14-22(33-2)23(17-19)34-3/h4-14,17,25,30H,15-16H2,1-3H3/t25-/m1/s1. The van der Waals surface area contributed by atoms with Crippen molar-refractivity contribution in [2.45, 2.75) is 19.4 Å². The van der Waals surface area contributed by atoms with E-state index in [2.05, 4.69) is 0 Å². The minimum Gasteiger partial charge on any atom is -0.507 e. The van der Waals surface area contributed by atoms with Crippen molar-refractivity contribution in [1.29, 1.82) is 0 Å². The van der Waals surface area contributed by atoms with Gasteiger partial charge in [0, 0.05) is 12.1 Å². The predicted octanol–water partition coefficient (Wildman–Crippen LogP) is 4.68. The highest BCUT2D eigenvalue weighted by molar-refractivity contribution is 6.46. The Balaban J connectivity index is 1.72.